The molecule has 0 radical (unpaired) electrons. The molecular formula is C88H56N2O. The maximum Gasteiger partial charge on any atom is 0.143 e. The highest BCUT2D eigenvalue weighted by Crippen LogP contribution is 2.47. The summed E-state index contributed by atoms with van der Waals surface area (Å²) in [7, 11) is 0. The third-order valence-corrected chi connectivity index (χ3v) is 18.7. The molecule has 91 heavy (non-hydrogen) atoms. The van der Waals surface area contributed by atoms with Gasteiger partial charge in [0.05, 0.1) is 5.69 Å². The molecule has 17 aromatic carbocycles. The first kappa shape index (κ1) is 52.1. The van der Waals surface area contributed by atoms with Gasteiger partial charge < -0.3 is 14.2 Å². The first-order valence-corrected chi connectivity index (χ1v) is 31.3. The van der Waals surface area contributed by atoms with E-state index in [9.17, 15) is 0 Å². The summed E-state index contributed by atoms with van der Waals surface area (Å²) in [6, 6.07) is 125. The second-order valence-corrected chi connectivity index (χ2v) is 24.0. The van der Waals surface area contributed by atoms with E-state index >= 15 is 0 Å². The van der Waals surface area contributed by atoms with Crippen molar-refractivity contribution in [3.63, 3.8) is 0 Å². The van der Waals surface area contributed by atoms with Gasteiger partial charge >= 0.3 is 0 Å². The monoisotopic (exact) mass is 1160 g/mol. The van der Waals surface area contributed by atoms with E-state index in [0.29, 0.717) is 0 Å². The number of para-hydroxylation sites is 1. The molecule has 3 heteroatoms. The Morgan fingerprint density at radius 3 is 1.27 bits per heavy atom. The fourth-order valence-electron chi connectivity index (χ4n) is 14.3. The predicted molar refractivity (Wildman–Crippen MR) is 387 cm³/mol. The molecule has 0 saturated heterocycles. The highest BCUT2D eigenvalue weighted by Gasteiger charge is 2.22. The van der Waals surface area contributed by atoms with Gasteiger partial charge in [-0.1, -0.05) is 249 Å². The van der Waals surface area contributed by atoms with Gasteiger partial charge in [-0.15, -0.1) is 0 Å². The fourth-order valence-corrected chi connectivity index (χ4v) is 14.3. The first-order chi connectivity index (χ1) is 45.1. The molecule has 0 atom stereocenters. The Kier molecular flexibility index (Phi) is 12.2. The molecule has 0 fully saturated rings. The number of furan rings is 1. The Morgan fingerprint density at radius 2 is 0.604 bits per heavy atom. The number of nitrogens with zero attached hydrogens (tertiary/aromatic N) is 2. The Hall–Kier alpha value is -12.0. The summed E-state index contributed by atoms with van der Waals surface area (Å²) >= 11 is 0. The smallest absolute Gasteiger partial charge is 0.143 e. The number of rotatable bonds is 10. The molecule has 0 aliphatic carbocycles. The van der Waals surface area contributed by atoms with E-state index in [0.717, 1.165) is 89.1 Å². The Balaban J connectivity index is 0.762. The molecule has 0 N–H and O–H groups in total. The zero-order valence-corrected chi connectivity index (χ0v) is 49.6. The Morgan fingerprint density at radius 1 is 0.198 bits per heavy atom. The molecule has 1 heterocycles. The largest absolute Gasteiger partial charge is 0.455 e. The van der Waals surface area contributed by atoms with Gasteiger partial charge in [0.25, 0.3) is 0 Å². The topological polar surface area (TPSA) is 19.6 Å². The van der Waals surface area contributed by atoms with Crippen LogP contribution in [-0.2, 0) is 0 Å². The molecule has 0 amide bonds. The van der Waals surface area contributed by atoms with Crippen LogP contribution < -0.4 is 9.80 Å². The molecule has 0 spiro atoms. The van der Waals surface area contributed by atoms with Crippen molar-refractivity contribution in [3.8, 4) is 44.5 Å². The van der Waals surface area contributed by atoms with E-state index in [2.05, 4.69) is 350 Å². The first-order valence-electron chi connectivity index (χ1n) is 31.3. The van der Waals surface area contributed by atoms with Crippen molar-refractivity contribution >= 4 is 131 Å². The summed E-state index contributed by atoms with van der Waals surface area (Å²) in [5.74, 6) is 0. The van der Waals surface area contributed by atoms with Crippen molar-refractivity contribution in [3.05, 3.63) is 340 Å². The number of benzene rings is 17. The second-order valence-electron chi connectivity index (χ2n) is 24.0. The minimum Gasteiger partial charge on any atom is -0.455 e. The average molecular weight is 1160 g/mol. The van der Waals surface area contributed by atoms with Crippen molar-refractivity contribution in [1.82, 2.24) is 0 Å². The number of hydrogen-bond acceptors (Lipinski definition) is 3. The van der Waals surface area contributed by atoms with Crippen LogP contribution in [0.3, 0.4) is 0 Å². The molecule has 0 saturated carbocycles. The van der Waals surface area contributed by atoms with Crippen LogP contribution in [0.1, 0.15) is 0 Å². The number of anilines is 6. The standard InChI is InChI=1S/C88H56N2O/c1-2-16-57(17-3-1)63-40-48-78-68(50-63)34-35-69-54-74(46-49-79(69)78)89(70-42-36-58(37-43-70)64-41-47-77-67(51-64)33-32-59-18-4-7-25-75(59)77)72-23-14-21-61(52-72)62-22-15-24-73(53-62)90(85-56-66-20-5-8-26-76(66)81-28-10-11-29-82(81)85)71-44-38-60(39-45-71)84-55-65-19-6-9-27-80(65)88-87(84)83-30-12-13-31-86(83)91-88/h1-56H. The van der Waals surface area contributed by atoms with Crippen molar-refractivity contribution in [2.24, 2.45) is 0 Å². The summed E-state index contributed by atoms with van der Waals surface area (Å²) in [5, 5.41) is 19.2. The van der Waals surface area contributed by atoms with Gasteiger partial charge in [-0.05, 0) is 200 Å². The Labute approximate surface area is 526 Å². The molecule has 3 nitrogen and oxygen atoms in total. The van der Waals surface area contributed by atoms with Gasteiger partial charge in [-0.3, -0.25) is 0 Å². The van der Waals surface area contributed by atoms with Crippen LogP contribution in [0.15, 0.2) is 344 Å². The maximum absolute atomic E-state index is 6.67. The third-order valence-electron chi connectivity index (χ3n) is 18.7. The van der Waals surface area contributed by atoms with Gasteiger partial charge in [0.15, 0.2) is 0 Å². The zero-order chi connectivity index (χ0) is 59.9. The van der Waals surface area contributed by atoms with Crippen molar-refractivity contribution < 1.29 is 4.42 Å². The van der Waals surface area contributed by atoms with Crippen LogP contribution >= 0.6 is 0 Å². The van der Waals surface area contributed by atoms with Gasteiger partial charge in [0, 0.05) is 50.0 Å². The van der Waals surface area contributed by atoms with E-state index in [1.165, 1.54) is 86.9 Å². The van der Waals surface area contributed by atoms with Crippen LogP contribution in [0.5, 0.6) is 0 Å². The molecule has 0 aliphatic rings. The lowest BCUT2D eigenvalue weighted by Crippen LogP contribution is -2.11. The minimum absolute atomic E-state index is 0.889. The van der Waals surface area contributed by atoms with Gasteiger partial charge in [-0.25, -0.2) is 0 Å². The molecule has 18 aromatic rings. The van der Waals surface area contributed by atoms with E-state index < -0.39 is 0 Å². The van der Waals surface area contributed by atoms with E-state index in [-0.39, 0.29) is 0 Å². The SMILES string of the molecule is c1ccc(-c2ccc3c(ccc4cc(N(c5ccc(-c6ccc7c(ccc8ccccc87)c6)cc5)c5cccc(-c6cccc(N(c7ccc(-c8cc9ccccc9c9oc%10ccccc%10c89)cc7)c7cc8ccccc8c8ccccc78)c6)c5)ccc43)c2)cc1. The molecule has 1 aromatic heterocycles. The summed E-state index contributed by atoms with van der Waals surface area (Å²) in [4.78, 5) is 4.86. The zero-order valence-electron chi connectivity index (χ0n) is 49.6. The number of fused-ring (bicyclic) bond motifs is 14. The fraction of sp³-hybridized carbons (Fsp3) is 0. The molecule has 424 valence electrons. The van der Waals surface area contributed by atoms with Gasteiger partial charge in [-0.2, -0.15) is 0 Å². The second kappa shape index (κ2) is 21.4. The summed E-state index contributed by atoms with van der Waals surface area (Å²) < 4.78 is 6.67. The lowest BCUT2D eigenvalue weighted by Gasteiger charge is -2.28. The van der Waals surface area contributed by atoms with Crippen LogP contribution in [0, 0.1) is 0 Å². The normalized spacial score (nSPS) is 11.7. The summed E-state index contributed by atoms with van der Waals surface area (Å²) in [5.41, 5.74) is 17.5. The predicted octanol–water partition coefficient (Wildman–Crippen LogP) is 25.3. The third kappa shape index (κ3) is 8.97. The van der Waals surface area contributed by atoms with E-state index in [4.69, 9.17) is 4.42 Å². The highest BCUT2D eigenvalue weighted by atomic mass is 16.3. The van der Waals surface area contributed by atoms with Crippen molar-refractivity contribution in [2.45, 2.75) is 0 Å². The van der Waals surface area contributed by atoms with E-state index in [1.807, 2.05) is 0 Å². The summed E-state index contributed by atoms with van der Waals surface area (Å²) in [6.45, 7) is 0. The summed E-state index contributed by atoms with van der Waals surface area (Å²) in [6.07, 6.45) is 0. The van der Waals surface area contributed by atoms with Crippen molar-refractivity contribution in [1.29, 1.82) is 0 Å². The van der Waals surface area contributed by atoms with Gasteiger partial charge in [0.1, 0.15) is 11.2 Å². The molecular weight excluding hydrogens is 1100 g/mol. The van der Waals surface area contributed by atoms with Gasteiger partial charge in [0.2, 0.25) is 0 Å². The average Bonchev–Trinajstić information content (AvgIpc) is 1.72. The maximum atomic E-state index is 6.67. The lowest BCUT2D eigenvalue weighted by atomic mass is 9.95. The highest BCUT2D eigenvalue weighted by molar-refractivity contribution is 6.22. The van der Waals surface area contributed by atoms with Crippen LogP contribution in [0.2, 0.25) is 0 Å². The molecule has 0 bridgehead atoms. The van der Waals surface area contributed by atoms with Crippen molar-refractivity contribution in [2.75, 3.05) is 9.80 Å². The molecule has 0 aliphatic heterocycles. The minimum atomic E-state index is 0.889. The van der Waals surface area contributed by atoms with Crippen LogP contribution in [-0.4, -0.2) is 0 Å². The van der Waals surface area contributed by atoms with Crippen LogP contribution in [0.4, 0.5) is 34.1 Å². The lowest BCUT2D eigenvalue weighted by molar-refractivity contribution is 0.673. The van der Waals surface area contributed by atoms with Crippen LogP contribution in [0.25, 0.3) is 142 Å². The van der Waals surface area contributed by atoms with E-state index in [1.54, 1.807) is 0 Å². The number of hydrogen-bond donors (Lipinski definition) is 0. The molecule has 0 unspecified atom stereocenters. The quantitative estimate of drug-likeness (QED) is 0.127. The molecule has 18 rings (SSSR count). The Bertz CT molecular complexity index is 5900.